The number of aliphatic hydroxyl groups excluding tert-OH is 1. The molecule has 0 radical (unpaired) electrons. The summed E-state index contributed by atoms with van der Waals surface area (Å²) in [5.74, 6) is 1.32. The zero-order valence-electron chi connectivity index (χ0n) is 12.4. The van der Waals surface area contributed by atoms with Crippen molar-refractivity contribution in [2.24, 2.45) is 0 Å². The maximum Gasteiger partial charge on any atom is 0.125 e. The number of halogens is 1. The van der Waals surface area contributed by atoms with Gasteiger partial charge in [-0.05, 0) is 55.3 Å². The van der Waals surface area contributed by atoms with Gasteiger partial charge in [-0.15, -0.1) is 11.8 Å². The molecule has 1 atom stereocenters. The second-order valence-corrected chi connectivity index (χ2v) is 6.51. The van der Waals surface area contributed by atoms with Crippen LogP contribution in [0, 0.1) is 13.8 Å². The lowest BCUT2D eigenvalue weighted by Crippen LogP contribution is -2.06. The lowest BCUT2D eigenvalue weighted by Gasteiger charge is -2.18. The van der Waals surface area contributed by atoms with Crippen LogP contribution in [0.2, 0.25) is 5.02 Å². The smallest absolute Gasteiger partial charge is 0.125 e. The molecule has 2 aromatic carbocycles. The molecule has 112 valence electrons. The van der Waals surface area contributed by atoms with Gasteiger partial charge in [0.1, 0.15) is 5.75 Å². The van der Waals surface area contributed by atoms with Crippen LogP contribution in [-0.2, 0) is 0 Å². The monoisotopic (exact) mass is 322 g/mol. The Morgan fingerprint density at radius 3 is 2.48 bits per heavy atom. The molecule has 0 aliphatic heterocycles. The van der Waals surface area contributed by atoms with E-state index in [4.69, 9.17) is 16.3 Å². The Morgan fingerprint density at radius 1 is 1.19 bits per heavy atom. The first-order chi connectivity index (χ1) is 10.0. The van der Waals surface area contributed by atoms with E-state index in [2.05, 4.69) is 6.07 Å². The minimum atomic E-state index is -0.568. The molecule has 0 aliphatic carbocycles. The molecule has 1 unspecified atom stereocenters. The van der Waals surface area contributed by atoms with Crippen molar-refractivity contribution >= 4 is 23.4 Å². The van der Waals surface area contributed by atoms with Crippen LogP contribution in [0.4, 0.5) is 0 Å². The summed E-state index contributed by atoms with van der Waals surface area (Å²) in [6, 6.07) is 11.6. The molecule has 2 aromatic rings. The molecule has 1 N–H and O–H groups in total. The Labute approximate surface area is 135 Å². The summed E-state index contributed by atoms with van der Waals surface area (Å²) in [5, 5.41) is 11.2. The number of benzene rings is 2. The SMILES string of the molecule is COc1cc(C)cc(C)c1C(O)CSc1ccc(Cl)cc1. The number of methoxy groups -OCH3 is 1. The first-order valence-electron chi connectivity index (χ1n) is 6.73. The molecule has 0 aliphatic rings. The minimum absolute atomic E-state index is 0.568. The molecule has 0 saturated heterocycles. The van der Waals surface area contributed by atoms with Crippen LogP contribution in [0.25, 0.3) is 0 Å². The standard InChI is InChI=1S/C17H19ClO2S/c1-11-8-12(2)17(16(9-11)20-3)15(19)10-21-14-6-4-13(18)5-7-14/h4-9,15,19H,10H2,1-3H3. The van der Waals surface area contributed by atoms with E-state index in [0.717, 1.165) is 32.4 Å². The van der Waals surface area contributed by atoms with Crippen molar-refractivity contribution in [2.75, 3.05) is 12.9 Å². The zero-order valence-corrected chi connectivity index (χ0v) is 14.0. The van der Waals surface area contributed by atoms with Crippen molar-refractivity contribution in [3.63, 3.8) is 0 Å². The van der Waals surface area contributed by atoms with Gasteiger partial charge in [0.05, 0.1) is 13.2 Å². The van der Waals surface area contributed by atoms with Gasteiger partial charge in [0, 0.05) is 21.2 Å². The second-order valence-electron chi connectivity index (χ2n) is 4.98. The molecule has 21 heavy (non-hydrogen) atoms. The van der Waals surface area contributed by atoms with Gasteiger partial charge in [0.2, 0.25) is 0 Å². The van der Waals surface area contributed by atoms with Gasteiger partial charge in [-0.3, -0.25) is 0 Å². The number of hydrogen-bond donors (Lipinski definition) is 1. The van der Waals surface area contributed by atoms with Crippen molar-refractivity contribution < 1.29 is 9.84 Å². The first kappa shape index (κ1) is 16.2. The highest BCUT2D eigenvalue weighted by molar-refractivity contribution is 7.99. The number of ether oxygens (including phenoxy) is 1. The predicted octanol–water partition coefficient (Wildman–Crippen LogP) is 4.79. The lowest BCUT2D eigenvalue weighted by molar-refractivity contribution is 0.198. The summed E-state index contributed by atoms with van der Waals surface area (Å²) in [5.41, 5.74) is 3.05. The van der Waals surface area contributed by atoms with Gasteiger partial charge >= 0.3 is 0 Å². The predicted molar refractivity (Wildman–Crippen MR) is 89.6 cm³/mol. The highest BCUT2D eigenvalue weighted by Gasteiger charge is 2.17. The van der Waals surface area contributed by atoms with E-state index in [-0.39, 0.29) is 0 Å². The molecule has 4 heteroatoms. The van der Waals surface area contributed by atoms with Gasteiger partial charge in [-0.25, -0.2) is 0 Å². The molecule has 2 rings (SSSR count). The number of aliphatic hydroxyl groups is 1. The summed E-state index contributed by atoms with van der Waals surface area (Å²) in [7, 11) is 1.64. The van der Waals surface area contributed by atoms with Gasteiger partial charge < -0.3 is 9.84 Å². The van der Waals surface area contributed by atoms with Gasteiger partial charge in [-0.1, -0.05) is 17.7 Å². The van der Waals surface area contributed by atoms with E-state index in [0.29, 0.717) is 5.75 Å². The van der Waals surface area contributed by atoms with E-state index in [1.807, 2.05) is 44.2 Å². The average molecular weight is 323 g/mol. The Balaban J connectivity index is 2.13. The Hall–Kier alpha value is -1.16. The quantitative estimate of drug-likeness (QED) is 0.802. The fraction of sp³-hybridized carbons (Fsp3) is 0.294. The molecule has 0 bridgehead atoms. The molecular weight excluding hydrogens is 304 g/mol. The van der Waals surface area contributed by atoms with E-state index < -0.39 is 6.10 Å². The van der Waals surface area contributed by atoms with Crippen molar-refractivity contribution in [3.05, 3.63) is 58.1 Å². The number of aryl methyl sites for hydroxylation is 2. The lowest BCUT2D eigenvalue weighted by atomic mass is 10.0. The Kier molecular flexibility index (Phi) is 5.57. The third-order valence-electron chi connectivity index (χ3n) is 3.27. The summed E-state index contributed by atoms with van der Waals surface area (Å²) in [6.45, 7) is 4.02. The molecule has 0 aromatic heterocycles. The van der Waals surface area contributed by atoms with Crippen LogP contribution < -0.4 is 4.74 Å². The van der Waals surface area contributed by atoms with Crippen molar-refractivity contribution in [2.45, 2.75) is 24.8 Å². The number of hydrogen-bond acceptors (Lipinski definition) is 3. The van der Waals surface area contributed by atoms with E-state index in [1.54, 1.807) is 18.9 Å². The summed E-state index contributed by atoms with van der Waals surface area (Å²) in [6.07, 6.45) is -0.568. The third-order valence-corrected chi connectivity index (χ3v) is 4.61. The fourth-order valence-electron chi connectivity index (χ4n) is 2.33. The largest absolute Gasteiger partial charge is 0.496 e. The van der Waals surface area contributed by atoms with Crippen LogP contribution >= 0.6 is 23.4 Å². The van der Waals surface area contributed by atoms with Crippen LogP contribution in [0.15, 0.2) is 41.3 Å². The number of thioether (sulfide) groups is 1. The highest BCUT2D eigenvalue weighted by Crippen LogP contribution is 2.33. The second kappa shape index (κ2) is 7.21. The molecular formula is C17H19ClO2S. The van der Waals surface area contributed by atoms with E-state index >= 15 is 0 Å². The fourth-order valence-corrected chi connectivity index (χ4v) is 3.30. The van der Waals surface area contributed by atoms with Gasteiger partial charge in [0.15, 0.2) is 0 Å². The van der Waals surface area contributed by atoms with Crippen LogP contribution in [0.3, 0.4) is 0 Å². The Morgan fingerprint density at radius 2 is 1.86 bits per heavy atom. The summed E-state index contributed by atoms with van der Waals surface area (Å²) in [4.78, 5) is 1.09. The summed E-state index contributed by atoms with van der Waals surface area (Å²) >= 11 is 7.47. The summed E-state index contributed by atoms with van der Waals surface area (Å²) < 4.78 is 5.41. The van der Waals surface area contributed by atoms with Crippen LogP contribution in [0.5, 0.6) is 5.75 Å². The van der Waals surface area contributed by atoms with Gasteiger partial charge in [-0.2, -0.15) is 0 Å². The minimum Gasteiger partial charge on any atom is -0.496 e. The molecule has 0 saturated carbocycles. The van der Waals surface area contributed by atoms with Gasteiger partial charge in [0.25, 0.3) is 0 Å². The average Bonchev–Trinajstić information content (AvgIpc) is 2.45. The van der Waals surface area contributed by atoms with Crippen molar-refractivity contribution in [3.8, 4) is 5.75 Å². The van der Waals surface area contributed by atoms with Crippen molar-refractivity contribution in [1.29, 1.82) is 0 Å². The molecule has 2 nitrogen and oxygen atoms in total. The normalized spacial score (nSPS) is 12.2. The topological polar surface area (TPSA) is 29.5 Å². The van der Waals surface area contributed by atoms with E-state index in [1.165, 1.54) is 0 Å². The molecule has 0 fully saturated rings. The maximum atomic E-state index is 10.5. The van der Waals surface area contributed by atoms with Crippen LogP contribution in [-0.4, -0.2) is 18.0 Å². The molecule has 0 heterocycles. The van der Waals surface area contributed by atoms with Crippen molar-refractivity contribution in [1.82, 2.24) is 0 Å². The maximum absolute atomic E-state index is 10.5. The molecule has 0 spiro atoms. The third kappa shape index (κ3) is 4.16. The zero-order chi connectivity index (χ0) is 15.4. The first-order valence-corrected chi connectivity index (χ1v) is 8.09. The Bertz CT molecular complexity index is 611. The number of rotatable bonds is 5. The highest BCUT2D eigenvalue weighted by atomic mass is 35.5. The molecule has 0 amide bonds. The van der Waals surface area contributed by atoms with E-state index in [9.17, 15) is 5.11 Å². The van der Waals surface area contributed by atoms with Crippen LogP contribution in [0.1, 0.15) is 22.8 Å².